The van der Waals surface area contributed by atoms with E-state index in [1.807, 2.05) is 55.5 Å². The summed E-state index contributed by atoms with van der Waals surface area (Å²) < 4.78 is 5.30. The molecular formula is C16H13N2O. The van der Waals surface area contributed by atoms with Gasteiger partial charge in [-0.15, -0.1) is 0 Å². The number of rotatable bonds is 2. The molecule has 3 heteroatoms. The van der Waals surface area contributed by atoms with Crippen LogP contribution in [0, 0.1) is 13.8 Å². The van der Waals surface area contributed by atoms with Crippen molar-refractivity contribution in [2.24, 2.45) is 0 Å². The molecule has 0 saturated heterocycles. The summed E-state index contributed by atoms with van der Waals surface area (Å²) in [6.45, 7) is 5.90. The smallest absolute Gasteiger partial charge is 0.258 e. The number of hydrogen-bond acceptors (Lipinski definition) is 3. The molecule has 0 aliphatic rings. The summed E-state index contributed by atoms with van der Waals surface area (Å²) in [7, 11) is 0. The average molecular weight is 249 g/mol. The van der Waals surface area contributed by atoms with E-state index >= 15 is 0 Å². The maximum Gasteiger partial charge on any atom is 0.258 e. The lowest BCUT2D eigenvalue weighted by molar-refractivity contribution is 0.432. The summed E-state index contributed by atoms with van der Waals surface area (Å²) in [6, 6.07) is 15.7. The lowest BCUT2D eigenvalue weighted by Gasteiger charge is -1.95. The van der Waals surface area contributed by atoms with Crippen LogP contribution in [-0.2, 0) is 0 Å². The molecule has 3 nitrogen and oxygen atoms in total. The fourth-order valence-corrected chi connectivity index (χ4v) is 1.81. The van der Waals surface area contributed by atoms with Crippen molar-refractivity contribution < 1.29 is 4.52 Å². The predicted octanol–water partition coefficient (Wildman–Crippen LogP) is 3.89. The van der Waals surface area contributed by atoms with Crippen molar-refractivity contribution in [3.8, 4) is 22.8 Å². The van der Waals surface area contributed by atoms with Gasteiger partial charge in [0.05, 0.1) is 0 Å². The van der Waals surface area contributed by atoms with E-state index in [1.165, 1.54) is 5.56 Å². The first kappa shape index (κ1) is 11.7. The van der Waals surface area contributed by atoms with Crippen molar-refractivity contribution in [2.75, 3.05) is 0 Å². The van der Waals surface area contributed by atoms with Crippen LogP contribution in [0.2, 0.25) is 0 Å². The molecule has 0 amide bonds. The topological polar surface area (TPSA) is 38.9 Å². The van der Waals surface area contributed by atoms with Crippen LogP contribution in [-0.4, -0.2) is 10.1 Å². The first-order valence-electron chi connectivity index (χ1n) is 6.05. The molecule has 3 aromatic rings. The zero-order valence-corrected chi connectivity index (χ0v) is 10.6. The second-order valence-corrected chi connectivity index (χ2v) is 4.49. The van der Waals surface area contributed by atoms with Crippen molar-refractivity contribution >= 4 is 0 Å². The summed E-state index contributed by atoms with van der Waals surface area (Å²) in [4.78, 5) is 4.41. The van der Waals surface area contributed by atoms with E-state index in [0.29, 0.717) is 11.7 Å². The van der Waals surface area contributed by atoms with Crippen molar-refractivity contribution in [3.05, 3.63) is 66.6 Å². The minimum Gasteiger partial charge on any atom is -0.334 e. The molecule has 0 fully saturated rings. The van der Waals surface area contributed by atoms with Gasteiger partial charge >= 0.3 is 0 Å². The monoisotopic (exact) mass is 249 g/mol. The quantitative estimate of drug-likeness (QED) is 0.691. The maximum absolute atomic E-state index is 5.30. The van der Waals surface area contributed by atoms with Gasteiger partial charge in [0.2, 0.25) is 5.82 Å². The van der Waals surface area contributed by atoms with Gasteiger partial charge in [-0.3, -0.25) is 0 Å². The molecule has 0 aliphatic carbocycles. The van der Waals surface area contributed by atoms with Crippen molar-refractivity contribution in [1.82, 2.24) is 10.1 Å². The largest absolute Gasteiger partial charge is 0.334 e. The van der Waals surface area contributed by atoms with Crippen molar-refractivity contribution in [3.63, 3.8) is 0 Å². The minimum atomic E-state index is 0.536. The third-order valence-corrected chi connectivity index (χ3v) is 2.94. The highest BCUT2D eigenvalue weighted by atomic mass is 16.5. The van der Waals surface area contributed by atoms with Crippen LogP contribution in [0.4, 0.5) is 0 Å². The normalized spacial score (nSPS) is 10.6. The van der Waals surface area contributed by atoms with Gasteiger partial charge in [-0.2, -0.15) is 4.98 Å². The molecule has 0 unspecified atom stereocenters. The Labute approximate surface area is 111 Å². The molecule has 1 radical (unpaired) electrons. The molecule has 0 saturated carbocycles. The Kier molecular flexibility index (Phi) is 2.88. The average Bonchev–Trinajstić information content (AvgIpc) is 2.90. The van der Waals surface area contributed by atoms with E-state index < -0.39 is 0 Å². The maximum atomic E-state index is 5.30. The van der Waals surface area contributed by atoms with Crippen LogP contribution in [0.5, 0.6) is 0 Å². The molecule has 0 atom stereocenters. The zero-order chi connectivity index (χ0) is 13.2. The second-order valence-electron chi connectivity index (χ2n) is 4.49. The van der Waals surface area contributed by atoms with E-state index in [2.05, 4.69) is 17.1 Å². The van der Waals surface area contributed by atoms with Gasteiger partial charge in [-0.1, -0.05) is 47.1 Å². The minimum absolute atomic E-state index is 0.536. The van der Waals surface area contributed by atoms with E-state index in [-0.39, 0.29) is 0 Å². The van der Waals surface area contributed by atoms with Crippen LogP contribution in [0.1, 0.15) is 11.1 Å². The molecule has 0 spiro atoms. The Morgan fingerprint density at radius 2 is 1.53 bits per heavy atom. The SMILES string of the molecule is [CH2]c1ccc(-c2noc(-c3ccc(C)cc3)n2)cc1. The lowest BCUT2D eigenvalue weighted by atomic mass is 10.1. The van der Waals surface area contributed by atoms with Gasteiger partial charge < -0.3 is 4.52 Å². The van der Waals surface area contributed by atoms with Crippen LogP contribution in [0.3, 0.4) is 0 Å². The summed E-state index contributed by atoms with van der Waals surface area (Å²) in [6.07, 6.45) is 0. The molecule has 1 heterocycles. The Hall–Kier alpha value is -2.42. The predicted molar refractivity (Wildman–Crippen MR) is 74.4 cm³/mol. The fraction of sp³-hybridized carbons (Fsp3) is 0.0625. The lowest BCUT2D eigenvalue weighted by Crippen LogP contribution is -1.82. The molecule has 3 rings (SSSR count). The Morgan fingerprint density at radius 3 is 2.21 bits per heavy atom. The van der Waals surface area contributed by atoms with Gasteiger partial charge in [0.15, 0.2) is 0 Å². The van der Waals surface area contributed by atoms with E-state index in [0.717, 1.165) is 16.7 Å². The number of aromatic nitrogens is 2. The van der Waals surface area contributed by atoms with Gasteiger partial charge in [-0.25, -0.2) is 0 Å². The third kappa shape index (κ3) is 2.40. The van der Waals surface area contributed by atoms with Gasteiger partial charge in [0.25, 0.3) is 5.89 Å². The Balaban J connectivity index is 1.95. The van der Waals surface area contributed by atoms with E-state index in [4.69, 9.17) is 4.52 Å². The van der Waals surface area contributed by atoms with Crippen molar-refractivity contribution in [1.29, 1.82) is 0 Å². The number of aryl methyl sites for hydroxylation is 1. The first-order valence-corrected chi connectivity index (χ1v) is 6.05. The van der Waals surface area contributed by atoms with Gasteiger partial charge in [0.1, 0.15) is 0 Å². The fourth-order valence-electron chi connectivity index (χ4n) is 1.81. The molecule has 1 aromatic heterocycles. The molecular weight excluding hydrogens is 236 g/mol. The number of hydrogen-bond donors (Lipinski definition) is 0. The van der Waals surface area contributed by atoms with Gasteiger partial charge in [-0.05, 0) is 31.5 Å². The van der Waals surface area contributed by atoms with Crippen LogP contribution in [0.25, 0.3) is 22.8 Å². The zero-order valence-electron chi connectivity index (χ0n) is 10.6. The Morgan fingerprint density at radius 1 is 0.895 bits per heavy atom. The molecule has 0 aliphatic heterocycles. The molecule has 93 valence electrons. The third-order valence-electron chi connectivity index (χ3n) is 2.94. The first-order chi connectivity index (χ1) is 9.22. The summed E-state index contributed by atoms with van der Waals surface area (Å²) in [5, 5.41) is 4.01. The van der Waals surface area contributed by atoms with Crippen LogP contribution in [0.15, 0.2) is 53.1 Å². The summed E-state index contributed by atoms with van der Waals surface area (Å²) in [5.41, 5.74) is 4.02. The summed E-state index contributed by atoms with van der Waals surface area (Å²) >= 11 is 0. The van der Waals surface area contributed by atoms with Crippen molar-refractivity contribution in [2.45, 2.75) is 6.92 Å². The van der Waals surface area contributed by atoms with Gasteiger partial charge in [0, 0.05) is 11.1 Å². The Bertz CT molecular complexity index is 622. The molecule has 19 heavy (non-hydrogen) atoms. The highest BCUT2D eigenvalue weighted by molar-refractivity contribution is 5.60. The number of nitrogens with zero attached hydrogens (tertiary/aromatic N) is 2. The highest BCUT2D eigenvalue weighted by Crippen LogP contribution is 2.22. The van der Waals surface area contributed by atoms with Crippen LogP contribution < -0.4 is 0 Å². The standard InChI is InChI=1S/C16H13N2O/c1-11-3-7-13(8-4-11)15-17-16(19-18-15)14-9-5-12(2)6-10-14/h3-10H,1H2,2H3. The molecule has 0 N–H and O–H groups in total. The second kappa shape index (κ2) is 4.69. The highest BCUT2D eigenvalue weighted by Gasteiger charge is 2.09. The van der Waals surface area contributed by atoms with E-state index in [9.17, 15) is 0 Å². The molecule has 0 bridgehead atoms. The van der Waals surface area contributed by atoms with Crippen LogP contribution >= 0.6 is 0 Å². The summed E-state index contributed by atoms with van der Waals surface area (Å²) in [5.74, 6) is 1.13. The number of benzene rings is 2. The molecule has 2 aromatic carbocycles. The van der Waals surface area contributed by atoms with E-state index in [1.54, 1.807) is 0 Å².